The van der Waals surface area contributed by atoms with Gasteiger partial charge in [0, 0.05) is 23.5 Å². The first-order chi connectivity index (χ1) is 15.3. The molecule has 0 aliphatic rings. The topological polar surface area (TPSA) is 96.0 Å². The zero-order valence-corrected chi connectivity index (χ0v) is 16.7. The minimum atomic E-state index is 0.676. The molecule has 4 heterocycles. The van der Waals surface area contributed by atoms with E-state index < -0.39 is 0 Å². The normalized spacial score (nSPS) is 11.4. The minimum Gasteiger partial charge on any atom is -0.336 e. The van der Waals surface area contributed by atoms with E-state index in [0.717, 1.165) is 44.5 Å². The summed E-state index contributed by atoms with van der Waals surface area (Å²) in [7, 11) is 0. The van der Waals surface area contributed by atoms with E-state index in [-0.39, 0.29) is 0 Å². The molecule has 0 aliphatic heterocycles. The quantitative estimate of drug-likeness (QED) is 0.437. The van der Waals surface area contributed by atoms with Crippen molar-refractivity contribution in [2.45, 2.75) is 6.92 Å². The Bertz CT molecular complexity index is 1550. The molecule has 7 nitrogen and oxygen atoms in total. The van der Waals surface area contributed by atoms with Gasteiger partial charge in [-0.3, -0.25) is 5.10 Å². The van der Waals surface area contributed by atoms with Gasteiger partial charge in [0.1, 0.15) is 11.8 Å². The minimum absolute atomic E-state index is 0.676. The van der Waals surface area contributed by atoms with Crippen LogP contribution in [0.25, 0.3) is 56.0 Å². The number of pyridine rings is 1. The molecule has 0 atom stereocenters. The molecule has 0 radical (unpaired) electrons. The number of aryl methyl sites for hydroxylation is 1. The highest BCUT2D eigenvalue weighted by Gasteiger charge is 2.16. The number of nitrogens with zero attached hydrogens (tertiary/aromatic N) is 5. The summed E-state index contributed by atoms with van der Waals surface area (Å²) in [4.78, 5) is 21.3. The number of hydrogen-bond donors (Lipinski definition) is 2. The molecule has 7 heteroatoms. The maximum atomic E-state index is 4.91. The zero-order valence-electron chi connectivity index (χ0n) is 16.7. The number of rotatable bonds is 3. The van der Waals surface area contributed by atoms with Crippen molar-refractivity contribution in [1.29, 1.82) is 0 Å². The SMILES string of the molecule is Cc1cccc(-c2cccc3[nH]c(-c4n[nH]c5ccc(-c6cncnc6)nc45)nc23)c1. The summed E-state index contributed by atoms with van der Waals surface area (Å²) in [6, 6.07) is 18.5. The molecule has 0 bridgehead atoms. The van der Waals surface area contributed by atoms with Gasteiger partial charge in [0.15, 0.2) is 11.5 Å². The van der Waals surface area contributed by atoms with Crippen LogP contribution in [0.1, 0.15) is 5.56 Å². The van der Waals surface area contributed by atoms with Crippen molar-refractivity contribution in [2.24, 2.45) is 0 Å². The molecule has 2 N–H and O–H groups in total. The summed E-state index contributed by atoms with van der Waals surface area (Å²) in [5, 5.41) is 7.56. The predicted molar refractivity (Wildman–Crippen MR) is 120 cm³/mol. The van der Waals surface area contributed by atoms with Crippen LogP contribution in [0, 0.1) is 6.92 Å². The van der Waals surface area contributed by atoms with Crippen molar-refractivity contribution in [2.75, 3.05) is 0 Å². The summed E-state index contributed by atoms with van der Waals surface area (Å²) in [5.41, 5.74) is 9.20. The van der Waals surface area contributed by atoms with E-state index in [0.29, 0.717) is 11.5 Å². The summed E-state index contributed by atoms with van der Waals surface area (Å²) >= 11 is 0. The highest BCUT2D eigenvalue weighted by atomic mass is 15.1. The molecule has 2 aromatic carbocycles. The zero-order chi connectivity index (χ0) is 20.8. The Balaban J connectivity index is 1.52. The van der Waals surface area contributed by atoms with Gasteiger partial charge in [0.2, 0.25) is 0 Å². The lowest BCUT2D eigenvalue weighted by atomic mass is 10.0. The van der Waals surface area contributed by atoms with Crippen LogP contribution in [0.3, 0.4) is 0 Å². The molecule has 6 rings (SSSR count). The third kappa shape index (κ3) is 2.95. The molecule has 0 aliphatic carbocycles. The second-order valence-corrected chi connectivity index (χ2v) is 7.45. The number of H-pyrrole nitrogens is 2. The molecule has 0 fully saturated rings. The van der Waals surface area contributed by atoms with E-state index in [9.17, 15) is 0 Å². The first-order valence-corrected chi connectivity index (χ1v) is 9.93. The van der Waals surface area contributed by atoms with Gasteiger partial charge in [0.25, 0.3) is 0 Å². The van der Waals surface area contributed by atoms with Gasteiger partial charge in [0.05, 0.1) is 22.2 Å². The standard InChI is InChI=1S/C24H17N7/c1-14-4-2-5-15(10-14)17-6-3-7-19-21(17)29-24(28-19)23-22-20(30-31-23)9-8-18(27-22)16-11-25-13-26-12-16/h2-13H,1H3,(H,28,29)(H,30,31). The average Bonchev–Trinajstić information content (AvgIpc) is 3.43. The summed E-state index contributed by atoms with van der Waals surface area (Å²) in [6.07, 6.45) is 5.00. The molecular weight excluding hydrogens is 386 g/mol. The van der Waals surface area contributed by atoms with E-state index in [1.54, 1.807) is 12.4 Å². The second-order valence-electron chi connectivity index (χ2n) is 7.45. The maximum absolute atomic E-state index is 4.91. The Morgan fingerprint density at radius 2 is 1.65 bits per heavy atom. The Kier molecular flexibility index (Phi) is 3.86. The fourth-order valence-electron chi connectivity index (χ4n) is 3.85. The lowest BCUT2D eigenvalue weighted by Gasteiger charge is -2.03. The van der Waals surface area contributed by atoms with Gasteiger partial charge in [-0.2, -0.15) is 5.10 Å². The highest BCUT2D eigenvalue weighted by Crippen LogP contribution is 2.32. The van der Waals surface area contributed by atoms with E-state index in [4.69, 9.17) is 9.97 Å². The van der Waals surface area contributed by atoms with E-state index in [1.165, 1.54) is 11.9 Å². The van der Waals surface area contributed by atoms with Gasteiger partial charge >= 0.3 is 0 Å². The number of benzene rings is 2. The van der Waals surface area contributed by atoms with Gasteiger partial charge in [-0.15, -0.1) is 0 Å². The van der Waals surface area contributed by atoms with Crippen molar-refractivity contribution in [3.8, 4) is 33.9 Å². The third-order valence-electron chi connectivity index (χ3n) is 5.33. The van der Waals surface area contributed by atoms with Crippen LogP contribution in [0.4, 0.5) is 0 Å². The van der Waals surface area contributed by atoms with Gasteiger partial charge in [-0.05, 0) is 30.7 Å². The number of imidazole rings is 1. The van der Waals surface area contributed by atoms with E-state index in [2.05, 4.69) is 62.4 Å². The Labute approximate surface area is 177 Å². The number of aromatic nitrogens is 7. The van der Waals surface area contributed by atoms with Crippen LogP contribution in [0.15, 0.2) is 73.3 Å². The molecule has 4 aromatic heterocycles. The fraction of sp³-hybridized carbons (Fsp3) is 0.0417. The second kappa shape index (κ2) is 6.84. The summed E-state index contributed by atoms with van der Waals surface area (Å²) in [5.74, 6) is 0.676. The lowest BCUT2D eigenvalue weighted by Crippen LogP contribution is -1.88. The van der Waals surface area contributed by atoms with Crippen molar-refractivity contribution in [3.63, 3.8) is 0 Å². The van der Waals surface area contributed by atoms with Crippen molar-refractivity contribution < 1.29 is 0 Å². The van der Waals surface area contributed by atoms with Gasteiger partial charge < -0.3 is 4.98 Å². The number of hydrogen-bond acceptors (Lipinski definition) is 5. The van der Waals surface area contributed by atoms with Crippen LogP contribution < -0.4 is 0 Å². The van der Waals surface area contributed by atoms with Crippen molar-refractivity contribution in [3.05, 3.63) is 78.9 Å². The van der Waals surface area contributed by atoms with Crippen molar-refractivity contribution >= 4 is 22.1 Å². The molecule has 0 saturated heterocycles. The monoisotopic (exact) mass is 403 g/mol. The number of nitrogens with one attached hydrogen (secondary N) is 2. The Morgan fingerprint density at radius 3 is 2.52 bits per heavy atom. The van der Waals surface area contributed by atoms with Crippen LogP contribution in [-0.4, -0.2) is 35.1 Å². The molecule has 31 heavy (non-hydrogen) atoms. The molecule has 6 aromatic rings. The molecule has 148 valence electrons. The molecule has 0 spiro atoms. The third-order valence-corrected chi connectivity index (χ3v) is 5.33. The first-order valence-electron chi connectivity index (χ1n) is 9.93. The summed E-state index contributed by atoms with van der Waals surface area (Å²) in [6.45, 7) is 2.09. The van der Waals surface area contributed by atoms with Crippen LogP contribution >= 0.6 is 0 Å². The Morgan fingerprint density at radius 1 is 0.774 bits per heavy atom. The van der Waals surface area contributed by atoms with Crippen LogP contribution in [-0.2, 0) is 0 Å². The summed E-state index contributed by atoms with van der Waals surface area (Å²) < 4.78 is 0. The predicted octanol–water partition coefficient (Wildman–Crippen LogP) is 4.93. The van der Waals surface area contributed by atoms with Crippen LogP contribution in [0.2, 0.25) is 0 Å². The first kappa shape index (κ1) is 17.5. The van der Waals surface area contributed by atoms with Gasteiger partial charge in [-0.1, -0.05) is 42.0 Å². The van der Waals surface area contributed by atoms with Crippen molar-refractivity contribution in [1.82, 2.24) is 35.1 Å². The molecule has 0 saturated carbocycles. The smallest absolute Gasteiger partial charge is 0.161 e. The van der Waals surface area contributed by atoms with E-state index >= 15 is 0 Å². The molecular formula is C24H17N7. The van der Waals surface area contributed by atoms with Gasteiger partial charge in [-0.25, -0.2) is 19.9 Å². The maximum Gasteiger partial charge on any atom is 0.161 e. The number of aromatic amines is 2. The molecule has 0 amide bonds. The lowest BCUT2D eigenvalue weighted by molar-refractivity contribution is 1.10. The number of fused-ring (bicyclic) bond motifs is 2. The number of para-hydroxylation sites is 1. The van der Waals surface area contributed by atoms with Crippen LogP contribution in [0.5, 0.6) is 0 Å². The van der Waals surface area contributed by atoms with E-state index in [1.807, 2.05) is 24.3 Å². The fourth-order valence-corrected chi connectivity index (χ4v) is 3.85. The Hall–Kier alpha value is -4.39. The molecule has 0 unspecified atom stereocenters. The average molecular weight is 403 g/mol. The highest BCUT2D eigenvalue weighted by molar-refractivity contribution is 5.96. The largest absolute Gasteiger partial charge is 0.336 e.